The second kappa shape index (κ2) is 9.42. The second-order valence-corrected chi connectivity index (χ2v) is 15.7. The van der Waals surface area contributed by atoms with Crippen LogP contribution in [0.4, 0.5) is 0 Å². The monoisotopic (exact) mass is 452 g/mol. The van der Waals surface area contributed by atoms with Gasteiger partial charge in [0.1, 0.15) is 0 Å². The normalized spacial score (nSPS) is 13.3. The Hall–Kier alpha value is 0.116. The molecule has 1 aromatic carbocycles. The van der Waals surface area contributed by atoms with E-state index in [1.165, 1.54) is 26.0 Å². The first-order valence-electron chi connectivity index (χ1n) is 8.00. The van der Waals surface area contributed by atoms with Crippen LogP contribution in [0.2, 0.25) is 22.6 Å². The zero-order valence-corrected chi connectivity index (χ0v) is 19.0. The Morgan fingerprint density at radius 2 is 1.86 bits per heavy atom. The Morgan fingerprint density at radius 3 is 2.41 bits per heavy atom. The summed E-state index contributed by atoms with van der Waals surface area (Å²) in [5.74, 6) is 0. The minimum atomic E-state index is -1.72. The summed E-state index contributed by atoms with van der Waals surface area (Å²) >= 11 is 1.60. The van der Waals surface area contributed by atoms with E-state index in [4.69, 9.17) is 4.43 Å². The van der Waals surface area contributed by atoms with Crippen molar-refractivity contribution >= 4 is 41.0 Å². The summed E-state index contributed by atoms with van der Waals surface area (Å²) in [6.07, 6.45) is 2.61. The molecular weight excluding hydrogens is 420 g/mol. The molecule has 0 unspecified atom stereocenters. The molecule has 0 bridgehead atoms. The first-order valence-corrected chi connectivity index (χ1v) is 14.6. The van der Waals surface area contributed by atoms with E-state index in [0.717, 1.165) is 0 Å². The molecule has 0 saturated heterocycles. The molecule has 0 aromatic heterocycles. The van der Waals surface area contributed by atoms with Crippen molar-refractivity contribution in [3.63, 3.8) is 0 Å². The van der Waals surface area contributed by atoms with E-state index in [9.17, 15) is 0 Å². The van der Waals surface area contributed by atoms with Crippen molar-refractivity contribution in [3.8, 4) is 0 Å². The second-order valence-electron chi connectivity index (χ2n) is 6.93. The van der Waals surface area contributed by atoms with Gasteiger partial charge in [-0.05, 0) is 0 Å². The molecule has 0 aliphatic carbocycles. The fourth-order valence-corrected chi connectivity index (χ4v) is 8.19. The van der Waals surface area contributed by atoms with E-state index in [1.807, 2.05) is 0 Å². The number of benzene rings is 1. The van der Waals surface area contributed by atoms with Crippen LogP contribution >= 0.6 is 11.8 Å². The average Bonchev–Trinajstić information content (AvgIpc) is 2.44. The minimum absolute atomic E-state index is 0.201. The fraction of sp³-hybridized carbons (Fsp3) is 0.556. The van der Waals surface area contributed by atoms with Crippen LogP contribution < -0.4 is 0 Å². The van der Waals surface area contributed by atoms with Gasteiger partial charge in [0.05, 0.1) is 0 Å². The van der Waals surface area contributed by atoms with Crippen molar-refractivity contribution in [2.45, 2.75) is 68.0 Å². The molecule has 1 aromatic rings. The molecule has 4 heteroatoms. The predicted molar refractivity (Wildman–Crippen MR) is 104 cm³/mol. The Balaban J connectivity index is 2.79. The van der Waals surface area contributed by atoms with Gasteiger partial charge in [0, 0.05) is 0 Å². The SMILES string of the molecule is CCCC[Te]/C(=C\Sc1ccccc1)O[Si](C)(C)C(C)(C)C. The Morgan fingerprint density at radius 1 is 1.23 bits per heavy atom. The average molecular weight is 450 g/mol. The number of hydrogen-bond donors (Lipinski definition) is 0. The molecule has 0 fully saturated rings. The predicted octanol–water partition coefficient (Wildman–Crippen LogP) is 6.52. The van der Waals surface area contributed by atoms with Crippen molar-refractivity contribution in [3.05, 3.63) is 39.5 Å². The maximum atomic E-state index is 6.61. The first kappa shape index (κ1) is 20.2. The van der Waals surface area contributed by atoms with E-state index in [0.29, 0.717) is 0 Å². The summed E-state index contributed by atoms with van der Waals surface area (Å²) < 4.78 is 9.26. The number of hydrogen-bond acceptors (Lipinski definition) is 2. The summed E-state index contributed by atoms with van der Waals surface area (Å²) in [5.41, 5.74) is 0. The van der Waals surface area contributed by atoms with Crippen LogP contribution in [0.25, 0.3) is 0 Å². The van der Waals surface area contributed by atoms with Crippen molar-refractivity contribution in [1.29, 1.82) is 0 Å². The third-order valence-electron chi connectivity index (χ3n) is 3.94. The third-order valence-corrected chi connectivity index (χ3v) is 12.9. The zero-order chi connectivity index (χ0) is 16.6. The van der Waals surface area contributed by atoms with Gasteiger partial charge in [-0.2, -0.15) is 0 Å². The summed E-state index contributed by atoms with van der Waals surface area (Å²) in [4.78, 5) is 1.29. The maximum absolute atomic E-state index is 6.61. The van der Waals surface area contributed by atoms with Crippen LogP contribution in [0.3, 0.4) is 0 Å². The van der Waals surface area contributed by atoms with E-state index in [1.54, 1.807) is 11.8 Å². The van der Waals surface area contributed by atoms with Crippen LogP contribution in [-0.4, -0.2) is 29.2 Å². The van der Waals surface area contributed by atoms with Crippen LogP contribution in [0.1, 0.15) is 40.5 Å². The van der Waals surface area contributed by atoms with Crippen LogP contribution in [0.5, 0.6) is 0 Å². The Kier molecular flexibility index (Phi) is 8.63. The van der Waals surface area contributed by atoms with Crippen molar-refractivity contribution in [2.75, 3.05) is 0 Å². The molecule has 0 saturated carbocycles. The van der Waals surface area contributed by atoms with Gasteiger partial charge in [0.2, 0.25) is 0 Å². The number of thioether (sulfide) groups is 1. The molecule has 124 valence electrons. The first-order chi connectivity index (χ1) is 10.3. The van der Waals surface area contributed by atoms with Crippen molar-refractivity contribution < 1.29 is 4.43 Å². The van der Waals surface area contributed by atoms with Gasteiger partial charge in [-0.15, -0.1) is 0 Å². The standard InChI is InChI=1S/C18H30OSSiTe/c1-7-8-14-22-17(19-21(5,6)18(2,3)4)15-20-16-12-10-9-11-13-16/h9-13,15H,7-8,14H2,1-6H3/b17-15-. The van der Waals surface area contributed by atoms with Crippen LogP contribution in [0.15, 0.2) is 44.4 Å². The number of unbranched alkanes of at least 4 members (excludes halogenated alkanes) is 1. The molecule has 1 nitrogen and oxygen atoms in total. The van der Waals surface area contributed by atoms with Gasteiger partial charge < -0.3 is 0 Å². The quantitative estimate of drug-likeness (QED) is 0.193. The third kappa shape index (κ3) is 7.13. The Labute approximate surface area is 152 Å². The van der Waals surface area contributed by atoms with Crippen LogP contribution in [-0.2, 0) is 4.43 Å². The van der Waals surface area contributed by atoms with E-state index in [-0.39, 0.29) is 26.0 Å². The topological polar surface area (TPSA) is 9.23 Å². The zero-order valence-electron chi connectivity index (χ0n) is 14.8. The van der Waals surface area contributed by atoms with Gasteiger partial charge in [0.15, 0.2) is 0 Å². The number of rotatable bonds is 8. The summed E-state index contributed by atoms with van der Waals surface area (Å²) in [5, 5.41) is 2.55. The molecule has 0 aliphatic rings. The van der Waals surface area contributed by atoms with Crippen molar-refractivity contribution in [2.24, 2.45) is 0 Å². The molecular formula is C18H30OSSiTe. The summed E-state index contributed by atoms with van der Waals surface area (Å²) in [7, 11) is -1.72. The summed E-state index contributed by atoms with van der Waals surface area (Å²) in [6.45, 7) is 13.9. The molecule has 0 spiro atoms. The molecule has 1 rings (SSSR count). The van der Waals surface area contributed by atoms with Crippen LogP contribution in [0, 0.1) is 0 Å². The molecule has 0 radical (unpaired) electrons. The van der Waals surface area contributed by atoms with E-state index >= 15 is 0 Å². The molecule has 0 aliphatic heterocycles. The van der Waals surface area contributed by atoms with Gasteiger partial charge in [-0.3, -0.25) is 0 Å². The van der Waals surface area contributed by atoms with Crippen molar-refractivity contribution in [1.82, 2.24) is 0 Å². The van der Waals surface area contributed by atoms with Gasteiger partial charge in [0.25, 0.3) is 0 Å². The molecule has 0 atom stereocenters. The molecule has 0 amide bonds. The fourth-order valence-electron chi connectivity index (χ4n) is 1.42. The summed E-state index contributed by atoms with van der Waals surface area (Å²) in [6, 6.07) is 10.6. The molecule has 22 heavy (non-hydrogen) atoms. The van der Waals surface area contributed by atoms with Gasteiger partial charge >= 0.3 is 153 Å². The van der Waals surface area contributed by atoms with E-state index in [2.05, 4.69) is 76.5 Å². The molecule has 0 heterocycles. The Bertz CT molecular complexity index is 466. The van der Waals surface area contributed by atoms with Gasteiger partial charge in [-0.25, -0.2) is 0 Å². The van der Waals surface area contributed by atoms with Gasteiger partial charge in [-0.1, -0.05) is 0 Å². The molecule has 0 N–H and O–H groups in total. The van der Waals surface area contributed by atoms with E-state index < -0.39 is 8.32 Å².